The molecule has 0 saturated heterocycles. The van der Waals surface area contributed by atoms with E-state index in [2.05, 4.69) is 10.1 Å². The van der Waals surface area contributed by atoms with Crippen LogP contribution in [0.15, 0.2) is 35.9 Å². The highest BCUT2D eigenvalue weighted by Gasteiger charge is 2.11. The molecule has 0 aliphatic carbocycles. The van der Waals surface area contributed by atoms with Crippen molar-refractivity contribution in [1.29, 1.82) is 0 Å². The number of hydrogen-bond donors (Lipinski definition) is 1. The predicted octanol–water partition coefficient (Wildman–Crippen LogP) is 2.23. The molecule has 0 spiro atoms. The molecule has 0 bridgehead atoms. The van der Waals surface area contributed by atoms with Gasteiger partial charge in [0.25, 0.3) is 5.91 Å². The fourth-order valence-corrected chi connectivity index (χ4v) is 1.91. The van der Waals surface area contributed by atoms with Crippen LogP contribution in [0.25, 0.3) is 0 Å². The summed E-state index contributed by atoms with van der Waals surface area (Å²) >= 11 is 0. The topological polar surface area (TPSA) is 75.7 Å². The Labute approximate surface area is 136 Å². The molecule has 0 aromatic heterocycles. The van der Waals surface area contributed by atoms with Gasteiger partial charge in [0.2, 0.25) is 5.91 Å². The van der Waals surface area contributed by atoms with Gasteiger partial charge in [0.05, 0.1) is 12.7 Å². The van der Waals surface area contributed by atoms with Gasteiger partial charge < -0.3 is 15.0 Å². The van der Waals surface area contributed by atoms with Gasteiger partial charge in [0.1, 0.15) is 0 Å². The minimum atomic E-state index is -0.441. The van der Waals surface area contributed by atoms with Crippen LogP contribution >= 0.6 is 0 Å². The van der Waals surface area contributed by atoms with Crippen molar-refractivity contribution in [3.05, 3.63) is 41.5 Å². The number of esters is 1. The van der Waals surface area contributed by atoms with Gasteiger partial charge in [-0.2, -0.15) is 0 Å². The minimum Gasteiger partial charge on any atom is -0.465 e. The van der Waals surface area contributed by atoms with Crippen molar-refractivity contribution in [3.63, 3.8) is 0 Å². The quantitative estimate of drug-likeness (QED) is 0.644. The molecule has 6 heteroatoms. The largest absolute Gasteiger partial charge is 0.465 e. The van der Waals surface area contributed by atoms with Crippen LogP contribution in [0.3, 0.4) is 0 Å². The van der Waals surface area contributed by atoms with Crippen molar-refractivity contribution in [2.75, 3.05) is 25.5 Å². The fourth-order valence-electron chi connectivity index (χ4n) is 1.91. The van der Waals surface area contributed by atoms with E-state index in [-0.39, 0.29) is 11.8 Å². The van der Waals surface area contributed by atoms with Crippen molar-refractivity contribution < 1.29 is 19.1 Å². The average molecular weight is 318 g/mol. The molecule has 1 aromatic rings. The molecule has 0 radical (unpaired) electrons. The molecule has 0 atom stereocenters. The van der Waals surface area contributed by atoms with Crippen LogP contribution in [0.5, 0.6) is 0 Å². The third kappa shape index (κ3) is 5.25. The van der Waals surface area contributed by atoms with Crippen molar-refractivity contribution in [3.8, 4) is 0 Å². The van der Waals surface area contributed by atoms with Crippen LogP contribution in [0, 0.1) is 0 Å². The molecule has 1 aromatic carbocycles. The van der Waals surface area contributed by atoms with Gasteiger partial charge in [-0.3, -0.25) is 9.59 Å². The van der Waals surface area contributed by atoms with Crippen molar-refractivity contribution in [2.24, 2.45) is 0 Å². The van der Waals surface area contributed by atoms with E-state index in [1.54, 1.807) is 36.1 Å². The lowest BCUT2D eigenvalue weighted by molar-refractivity contribution is -0.126. The Balaban J connectivity index is 2.75. The Kier molecular flexibility index (Phi) is 6.99. The van der Waals surface area contributed by atoms with E-state index in [1.165, 1.54) is 13.2 Å². The lowest BCUT2D eigenvalue weighted by Crippen LogP contribution is -2.29. The number of nitrogens with one attached hydrogen (secondary N) is 1. The van der Waals surface area contributed by atoms with Crippen molar-refractivity contribution in [1.82, 2.24) is 4.90 Å². The number of ether oxygens (including phenoxy) is 1. The standard InChI is InChI=1S/C17H22N2O4/c1-5-19(6-2)15(20)11-12(3)16(21)18-14-9-7-13(8-10-14)17(22)23-4/h7-11H,5-6H2,1-4H3,(H,18,21)/b12-11+. The Bertz CT molecular complexity index is 602. The second kappa shape index (κ2) is 8.73. The number of likely N-dealkylation sites (N-methyl/N-ethyl adjacent to an activating group) is 1. The SMILES string of the molecule is CCN(CC)C(=O)/C=C(\C)C(=O)Nc1ccc(C(=O)OC)cc1. The predicted molar refractivity (Wildman–Crippen MR) is 88.1 cm³/mol. The lowest BCUT2D eigenvalue weighted by atomic mass is 10.2. The average Bonchev–Trinajstić information content (AvgIpc) is 2.55. The first kappa shape index (κ1) is 18.4. The second-order valence-electron chi connectivity index (χ2n) is 4.86. The highest BCUT2D eigenvalue weighted by atomic mass is 16.5. The summed E-state index contributed by atoms with van der Waals surface area (Å²) in [5.74, 6) is -0.996. The number of methoxy groups -OCH3 is 1. The maximum absolute atomic E-state index is 12.1. The monoisotopic (exact) mass is 318 g/mol. The van der Waals surface area contributed by atoms with Crippen LogP contribution in [0.1, 0.15) is 31.1 Å². The van der Waals surface area contributed by atoms with Gasteiger partial charge >= 0.3 is 5.97 Å². The number of hydrogen-bond acceptors (Lipinski definition) is 4. The summed E-state index contributed by atoms with van der Waals surface area (Å²) in [6, 6.07) is 6.32. The van der Waals surface area contributed by atoms with Gasteiger partial charge in [-0.15, -0.1) is 0 Å². The first-order valence-electron chi connectivity index (χ1n) is 7.39. The summed E-state index contributed by atoms with van der Waals surface area (Å²) in [6.07, 6.45) is 1.32. The lowest BCUT2D eigenvalue weighted by Gasteiger charge is -2.16. The number of carbonyl (C=O) groups excluding carboxylic acids is 3. The summed E-state index contributed by atoms with van der Waals surface area (Å²) in [5.41, 5.74) is 1.25. The number of amides is 2. The summed E-state index contributed by atoms with van der Waals surface area (Å²) in [7, 11) is 1.30. The van der Waals surface area contributed by atoms with Gasteiger partial charge in [0.15, 0.2) is 0 Å². The molecule has 1 N–H and O–H groups in total. The zero-order chi connectivity index (χ0) is 17.4. The molecule has 0 saturated carbocycles. The maximum Gasteiger partial charge on any atom is 0.337 e. The molecule has 0 unspecified atom stereocenters. The molecule has 0 fully saturated rings. The molecular formula is C17H22N2O4. The summed E-state index contributed by atoms with van der Waals surface area (Å²) < 4.78 is 4.61. The Hall–Kier alpha value is -2.63. The molecule has 2 amide bonds. The maximum atomic E-state index is 12.1. The molecule has 23 heavy (non-hydrogen) atoms. The number of nitrogens with zero attached hydrogens (tertiary/aromatic N) is 1. The fraction of sp³-hybridized carbons (Fsp3) is 0.353. The smallest absolute Gasteiger partial charge is 0.337 e. The third-order valence-corrected chi connectivity index (χ3v) is 3.34. The summed E-state index contributed by atoms with van der Waals surface area (Å²) in [4.78, 5) is 37.0. The van der Waals surface area contributed by atoms with Crippen LogP contribution < -0.4 is 5.32 Å². The van der Waals surface area contributed by atoms with E-state index in [0.29, 0.717) is 29.9 Å². The first-order valence-corrected chi connectivity index (χ1v) is 7.39. The minimum absolute atomic E-state index is 0.191. The van der Waals surface area contributed by atoms with E-state index in [0.717, 1.165) is 0 Å². The van der Waals surface area contributed by atoms with E-state index in [1.807, 2.05) is 13.8 Å². The van der Waals surface area contributed by atoms with Crippen LogP contribution in [0.2, 0.25) is 0 Å². The normalized spacial score (nSPS) is 10.9. The zero-order valence-corrected chi connectivity index (χ0v) is 13.9. The molecule has 0 aliphatic heterocycles. The Morgan fingerprint density at radius 3 is 2.17 bits per heavy atom. The Morgan fingerprint density at radius 2 is 1.70 bits per heavy atom. The van der Waals surface area contributed by atoms with E-state index < -0.39 is 5.97 Å². The van der Waals surface area contributed by atoms with E-state index in [9.17, 15) is 14.4 Å². The molecule has 0 aliphatic rings. The van der Waals surface area contributed by atoms with E-state index in [4.69, 9.17) is 0 Å². The van der Waals surface area contributed by atoms with Gasteiger partial charge in [-0.05, 0) is 45.0 Å². The molecule has 0 heterocycles. The van der Waals surface area contributed by atoms with Crippen LogP contribution in [0.4, 0.5) is 5.69 Å². The third-order valence-electron chi connectivity index (χ3n) is 3.34. The molecule has 6 nitrogen and oxygen atoms in total. The van der Waals surface area contributed by atoms with Crippen molar-refractivity contribution in [2.45, 2.75) is 20.8 Å². The summed E-state index contributed by atoms with van der Waals surface area (Å²) in [5, 5.41) is 2.68. The van der Waals surface area contributed by atoms with Crippen LogP contribution in [-0.4, -0.2) is 42.9 Å². The van der Waals surface area contributed by atoms with E-state index >= 15 is 0 Å². The molecular weight excluding hydrogens is 296 g/mol. The van der Waals surface area contributed by atoms with Gasteiger partial charge in [-0.25, -0.2) is 4.79 Å². The molecule has 124 valence electrons. The van der Waals surface area contributed by atoms with Gasteiger partial charge in [-0.1, -0.05) is 0 Å². The van der Waals surface area contributed by atoms with Crippen LogP contribution in [-0.2, 0) is 14.3 Å². The number of carbonyl (C=O) groups is 3. The number of rotatable bonds is 6. The van der Waals surface area contributed by atoms with Gasteiger partial charge in [0, 0.05) is 30.4 Å². The molecule has 1 rings (SSSR count). The number of anilines is 1. The number of benzene rings is 1. The second-order valence-corrected chi connectivity index (χ2v) is 4.86. The summed E-state index contributed by atoms with van der Waals surface area (Å²) in [6.45, 7) is 6.53. The Morgan fingerprint density at radius 1 is 1.13 bits per heavy atom. The highest BCUT2D eigenvalue weighted by Crippen LogP contribution is 2.11. The van der Waals surface area contributed by atoms with Crippen molar-refractivity contribution >= 4 is 23.5 Å². The zero-order valence-electron chi connectivity index (χ0n) is 13.9. The first-order chi connectivity index (χ1) is 10.9. The highest BCUT2D eigenvalue weighted by molar-refractivity contribution is 6.07.